The summed E-state index contributed by atoms with van der Waals surface area (Å²) < 4.78 is 0. The smallest absolute Gasteiger partial charge is 0.315 e. The summed E-state index contributed by atoms with van der Waals surface area (Å²) in [6, 6.07) is 13.7. The Morgan fingerprint density at radius 1 is 1.17 bits per heavy atom. The van der Waals surface area contributed by atoms with Crippen molar-refractivity contribution in [3.05, 3.63) is 65.2 Å². The summed E-state index contributed by atoms with van der Waals surface area (Å²) in [5, 5.41) is 25.3. The predicted octanol–water partition coefficient (Wildman–Crippen LogP) is 2.62. The molecule has 23 heavy (non-hydrogen) atoms. The van der Waals surface area contributed by atoms with Gasteiger partial charge in [-0.2, -0.15) is 0 Å². The summed E-state index contributed by atoms with van der Waals surface area (Å²) in [5.41, 5.74) is 2.34. The summed E-state index contributed by atoms with van der Waals surface area (Å²) in [5.74, 6) is 0.183. The van der Waals surface area contributed by atoms with Crippen LogP contribution < -0.4 is 10.6 Å². The molecular formula is C18H22N2O3. The zero-order valence-corrected chi connectivity index (χ0v) is 13.3. The number of amides is 2. The number of rotatable bonds is 5. The number of aliphatic hydroxyl groups excluding tert-OH is 1. The fourth-order valence-corrected chi connectivity index (χ4v) is 2.27. The first-order valence-electron chi connectivity index (χ1n) is 7.53. The van der Waals surface area contributed by atoms with Gasteiger partial charge in [0.2, 0.25) is 0 Å². The van der Waals surface area contributed by atoms with Crippen LogP contribution in [0.5, 0.6) is 5.75 Å². The zero-order valence-electron chi connectivity index (χ0n) is 13.3. The number of aryl methyl sites for hydroxylation is 1. The van der Waals surface area contributed by atoms with E-state index in [1.54, 1.807) is 26.0 Å². The van der Waals surface area contributed by atoms with E-state index < -0.39 is 12.1 Å². The van der Waals surface area contributed by atoms with Gasteiger partial charge in [0.1, 0.15) is 5.75 Å². The Kier molecular flexibility index (Phi) is 5.60. The van der Waals surface area contributed by atoms with Crippen molar-refractivity contribution in [2.75, 3.05) is 0 Å². The third kappa shape index (κ3) is 4.72. The summed E-state index contributed by atoms with van der Waals surface area (Å²) in [6.45, 7) is 3.92. The van der Waals surface area contributed by atoms with Crippen molar-refractivity contribution in [2.24, 2.45) is 0 Å². The molecule has 0 saturated heterocycles. The second-order valence-electron chi connectivity index (χ2n) is 5.59. The highest BCUT2D eigenvalue weighted by molar-refractivity contribution is 5.74. The van der Waals surface area contributed by atoms with E-state index in [1.807, 2.05) is 30.3 Å². The van der Waals surface area contributed by atoms with Gasteiger partial charge in [-0.1, -0.05) is 36.4 Å². The molecule has 2 amide bonds. The zero-order chi connectivity index (χ0) is 16.8. The molecule has 2 unspecified atom stereocenters. The van der Waals surface area contributed by atoms with Crippen LogP contribution in [0.4, 0.5) is 4.79 Å². The molecule has 0 aliphatic carbocycles. The summed E-state index contributed by atoms with van der Waals surface area (Å²) >= 11 is 0. The lowest BCUT2D eigenvalue weighted by Crippen LogP contribution is -2.43. The summed E-state index contributed by atoms with van der Waals surface area (Å²) in [7, 11) is 0. The number of aliphatic hydroxyl groups is 1. The van der Waals surface area contributed by atoms with Crippen LogP contribution in [0.15, 0.2) is 48.5 Å². The van der Waals surface area contributed by atoms with Gasteiger partial charge in [0.15, 0.2) is 0 Å². The molecule has 2 atom stereocenters. The number of urea groups is 1. The normalized spacial score (nSPS) is 13.2. The van der Waals surface area contributed by atoms with Crippen molar-refractivity contribution in [1.82, 2.24) is 10.6 Å². The van der Waals surface area contributed by atoms with Gasteiger partial charge in [0, 0.05) is 6.54 Å². The standard InChI is InChI=1S/C18H22N2O3/c1-12-10-15(8-9-16(12)21)17(22)13(2)20-18(23)19-11-14-6-4-3-5-7-14/h3-10,13,17,21-22H,11H2,1-2H3,(H2,19,20,23). The number of aromatic hydroxyl groups is 1. The molecule has 0 heterocycles. The Morgan fingerprint density at radius 2 is 1.87 bits per heavy atom. The van der Waals surface area contributed by atoms with Crippen LogP contribution in [0.2, 0.25) is 0 Å². The lowest BCUT2D eigenvalue weighted by molar-refractivity contribution is 0.137. The first-order chi connectivity index (χ1) is 11.0. The van der Waals surface area contributed by atoms with Gasteiger partial charge in [-0.25, -0.2) is 4.79 Å². The highest BCUT2D eigenvalue weighted by atomic mass is 16.3. The molecule has 5 heteroatoms. The molecule has 122 valence electrons. The second-order valence-corrected chi connectivity index (χ2v) is 5.59. The molecule has 2 aromatic rings. The number of benzene rings is 2. The molecule has 0 aliphatic rings. The number of phenols is 1. The molecule has 2 aromatic carbocycles. The SMILES string of the molecule is Cc1cc(C(O)C(C)NC(=O)NCc2ccccc2)ccc1O. The highest BCUT2D eigenvalue weighted by Gasteiger charge is 2.19. The number of phenolic OH excluding ortho intramolecular Hbond substituents is 1. The topological polar surface area (TPSA) is 81.6 Å². The van der Waals surface area contributed by atoms with Crippen LogP contribution in [0.25, 0.3) is 0 Å². The van der Waals surface area contributed by atoms with Crippen LogP contribution in [0.1, 0.15) is 29.7 Å². The van der Waals surface area contributed by atoms with E-state index in [0.717, 1.165) is 5.56 Å². The minimum absolute atomic E-state index is 0.183. The Labute approximate surface area is 136 Å². The first kappa shape index (κ1) is 16.8. The molecule has 5 nitrogen and oxygen atoms in total. The summed E-state index contributed by atoms with van der Waals surface area (Å²) in [4.78, 5) is 11.9. The van der Waals surface area contributed by atoms with E-state index in [4.69, 9.17) is 0 Å². The molecule has 0 bridgehead atoms. The van der Waals surface area contributed by atoms with Gasteiger partial charge in [-0.05, 0) is 42.7 Å². The van der Waals surface area contributed by atoms with Crippen LogP contribution in [0, 0.1) is 6.92 Å². The highest BCUT2D eigenvalue weighted by Crippen LogP contribution is 2.23. The number of nitrogens with one attached hydrogen (secondary N) is 2. The Morgan fingerprint density at radius 3 is 2.52 bits per heavy atom. The van der Waals surface area contributed by atoms with E-state index in [2.05, 4.69) is 10.6 Å². The average Bonchev–Trinajstić information content (AvgIpc) is 2.55. The molecule has 0 radical (unpaired) electrons. The van der Waals surface area contributed by atoms with E-state index >= 15 is 0 Å². The molecule has 0 fully saturated rings. The van der Waals surface area contributed by atoms with Gasteiger partial charge in [-0.15, -0.1) is 0 Å². The van der Waals surface area contributed by atoms with Gasteiger partial charge >= 0.3 is 6.03 Å². The molecule has 4 N–H and O–H groups in total. The maximum absolute atomic E-state index is 11.9. The van der Waals surface area contributed by atoms with Crippen molar-refractivity contribution in [3.8, 4) is 5.75 Å². The third-order valence-electron chi connectivity index (χ3n) is 3.69. The minimum atomic E-state index is -0.850. The van der Waals surface area contributed by atoms with E-state index in [1.165, 1.54) is 6.07 Å². The van der Waals surface area contributed by atoms with Gasteiger partial charge < -0.3 is 20.8 Å². The Hall–Kier alpha value is -2.53. The number of hydrogen-bond acceptors (Lipinski definition) is 3. The van der Waals surface area contributed by atoms with Crippen molar-refractivity contribution >= 4 is 6.03 Å². The van der Waals surface area contributed by atoms with E-state index in [0.29, 0.717) is 17.7 Å². The van der Waals surface area contributed by atoms with Gasteiger partial charge in [-0.3, -0.25) is 0 Å². The Bertz CT molecular complexity index is 659. The van der Waals surface area contributed by atoms with Crippen LogP contribution >= 0.6 is 0 Å². The van der Waals surface area contributed by atoms with Gasteiger partial charge in [0.05, 0.1) is 12.1 Å². The summed E-state index contributed by atoms with van der Waals surface area (Å²) in [6.07, 6.45) is -0.850. The van der Waals surface area contributed by atoms with Crippen molar-refractivity contribution < 1.29 is 15.0 Å². The fourth-order valence-electron chi connectivity index (χ4n) is 2.27. The van der Waals surface area contributed by atoms with Crippen molar-refractivity contribution in [2.45, 2.75) is 32.5 Å². The number of carbonyl (C=O) groups is 1. The van der Waals surface area contributed by atoms with Gasteiger partial charge in [0.25, 0.3) is 0 Å². The van der Waals surface area contributed by atoms with E-state index in [-0.39, 0.29) is 11.8 Å². The molecule has 0 aliphatic heterocycles. The maximum atomic E-state index is 11.9. The minimum Gasteiger partial charge on any atom is -0.508 e. The predicted molar refractivity (Wildman–Crippen MR) is 89.1 cm³/mol. The molecule has 0 spiro atoms. The lowest BCUT2D eigenvalue weighted by atomic mass is 10.0. The third-order valence-corrected chi connectivity index (χ3v) is 3.69. The van der Waals surface area contributed by atoms with Crippen molar-refractivity contribution in [3.63, 3.8) is 0 Å². The first-order valence-corrected chi connectivity index (χ1v) is 7.53. The van der Waals surface area contributed by atoms with E-state index in [9.17, 15) is 15.0 Å². The van der Waals surface area contributed by atoms with Crippen molar-refractivity contribution in [1.29, 1.82) is 0 Å². The molecule has 0 saturated carbocycles. The van der Waals surface area contributed by atoms with Crippen LogP contribution in [0.3, 0.4) is 0 Å². The number of carbonyl (C=O) groups excluding carboxylic acids is 1. The quantitative estimate of drug-likeness (QED) is 0.685. The average molecular weight is 314 g/mol. The largest absolute Gasteiger partial charge is 0.508 e. The molecule has 2 rings (SSSR count). The number of hydrogen-bond donors (Lipinski definition) is 4. The fraction of sp³-hybridized carbons (Fsp3) is 0.278. The van der Waals surface area contributed by atoms with Crippen LogP contribution in [-0.4, -0.2) is 22.3 Å². The molecular weight excluding hydrogens is 292 g/mol. The monoisotopic (exact) mass is 314 g/mol. The lowest BCUT2D eigenvalue weighted by Gasteiger charge is -2.21. The Balaban J connectivity index is 1.88. The maximum Gasteiger partial charge on any atom is 0.315 e. The second kappa shape index (κ2) is 7.65. The molecule has 0 aromatic heterocycles. The van der Waals surface area contributed by atoms with Crippen LogP contribution in [-0.2, 0) is 6.54 Å².